The minimum Gasteiger partial charge on any atom is -0.355 e. The molecular weight excluding hydrogens is 212 g/mol. The fraction of sp³-hybridized carbons (Fsp3) is 0.923. The molecule has 1 saturated carbocycles. The molecule has 0 aliphatic heterocycles. The second-order valence-corrected chi connectivity index (χ2v) is 5.14. The van der Waals surface area contributed by atoms with E-state index in [2.05, 4.69) is 29.6 Å². The third-order valence-electron chi connectivity index (χ3n) is 3.73. The van der Waals surface area contributed by atoms with Gasteiger partial charge in [0.2, 0.25) is 5.96 Å². The molecule has 0 bridgehead atoms. The van der Waals surface area contributed by atoms with Gasteiger partial charge in [-0.2, -0.15) is 0 Å². The highest BCUT2D eigenvalue weighted by atomic mass is 15.3. The summed E-state index contributed by atoms with van der Waals surface area (Å²) in [6, 6.07) is 0. The summed E-state index contributed by atoms with van der Waals surface area (Å²) in [6.45, 7) is 6.37. The molecule has 100 valence electrons. The van der Waals surface area contributed by atoms with Crippen molar-refractivity contribution < 1.29 is 0 Å². The van der Waals surface area contributed by atoms with E-state index < -0.39 is 0 Å². The number of nitrogens with two attached hydrogens (primary N) is 1. The van der Waals surface area contributed by atoms with Gasteiger partial charge in [-0.05, 0) is 24.7 Å². The van der Waals surface area contributed by atoms with Crippen molar-refractivity contribution in [2.24, 2.45) is 22.7 Å². The highest BCUT2D eigenvalue weighted by molar-refractivity contribution is 5.79. The van der Waals surface area contributed by atoms with Crippen molar-refractivity contribution in [1.82, 2.24) is 10.7 Å². The smallest absolute Gasteiger partial charge is 0.205 e. The van der Waals surface area contributed by atoms with E-state index in [1.165, 1.54) is 32.1 Å². The largest absolute Gasteiger partial charge is 0.355 e. The lowest BCUT2D eigenvalue weighted by Gasteiger charge is -2.27. The number of hydrazine groups is 1. The molecule has 4 nitrogen and oxygen atoms in total. The number of hydrogen-bond donors (Lipinski definition) is 3. The van der Waals surface area contributed by atoms with Crippen molar-refractivity contribution >= 4 is 5.96 Å². The van der Waals surface area contributed by atoms with Crippen LogP contribution in [0.2, 0.25) is 0 Å². The van der Waals surface area contributed by atoms with Gasteiger partial charge in [-0.3, -0.25) is 10.4 Å². The van der Waals surface area contributed by atoms with Crippen LogP contribution < -0.4 is 16.6 Å². The summed E-state index contributed by atoms with van der Waals surface area (Å²) in [4.78, 5) is 4.56. The zero-order valence-electron chi connectivity index (χ0n) is 11.3. The number of guanidine groups is 1. The molecule has 0 saturated heterocycles. The van der Waals surface area contributed by atoms with Crippen LogP contribution >= 0.6 is 0 Å². The van der Waals surface area contributed by atoms with E-state index in [0.717, 1.165) is 37.3 Å². The Labute approximate surface area is 105 Å². The van der Waals surface area contributed by atoms with Gasteiger partial charge in [0.1, 0.15) is 0 Å². The van der Waals surface area contributed by atoms with Gasteiger partial charge in [-0.15, -0.1) is 0 Å². The number of unbranched alkanes of at least 4 members (excludes halogenated alkanes) is 1. The van der Waals surface area contributed by atoms with Crippen molar-refractivity contribution in [2.45, 2.75) is 52.4 Å². The van der Waals surface area contributed by atoms with Gasteiger partial charge in [-0.25, -0.2) is 5.84 Å². The van der Waals surface area contributed by atoms with Crippen molar-refractivity contribution in [2.75, 3.05) is 13.1 Å². The average molecular weight is 240 g/mol. The molecule has 0 radical (unpaired) electrons. The quantitative estimate of drug-likeness (QED) is 0.226. The summed E-state index contributed by atoms with van der Waals surface area (Å²) in [6.07, 6.45) is 7.76. The second-order valence-electron chi connectivity index (χ2n) is 5.14. The zero-order chi connectivity index (χ0) is 12.5. The molecule has 0 aromatic heterocycles. The number of aliphatic imine (C=N–C) groups is 1. The Morgan fingerprint density at radius 2 is 2.12 bits per heavy atom. The van der Waals surface area contributed by atoms with Crippen LogP contribution in [0, 0.1) is 11.8 Å². The maximum atomic E-state index is 5.46. The molecule has 1 aliphatic rings. The monoisotopic (exact) mass is 240 g/mol. The van der Waals surface area contributed by atoms with E-state index in [4.69, 9.17) is 5.84 Å². The van der Waals surface area contributed by atoms with Gasteiger partial charge in [0, 0.05) is 13.1 Å². The Hall–Kier alpha value is -0.770. The minimum absolute atomic E-state index is 0.736. The first-order chi connectivity index (χ1) is 8.27. The van der Waals surface area contributed by atoms with E-state index in [9.17, 15) is 0 Å². The van der Waals surface area contributed by atoms with Crippen LogP contribution in [0.1, 0.15) is 52.4 Å². The lowest BCUT2D eigenvalue weighted by Crippen LogP contribution is -2.42. The van der Waals surface area contributed by atoms with Gasteiger partial charge in [0.05, 0.1) is 0 Å². The first-order valence-corrected chi connectivity index (χ1v) is 7.02. The van der Waals surface area contributed by atoms with Crippen LogP contribution in [-0.4, -0.2) is 19.0 Å². The van der Waals surface area contributed by atoms with Crippen LogP contribution in [0.15, 0.2) is 4.99 Å². The van der Waals surface area contributed by atoms with Crippen LogP contribution in [0.25, 0.3) is 0 Å². The molecule has 17 heavy (non-hydrogen) atoms. The van der Waals surface area contributed by atoms with Crippen molar-refractivity contribution in [3.8, 4) is 0 Å². The van der Waals surface area contributed by atoms with Crippen LogP contribution in [0.5, 0.6) is 0 Å². The molecule has 2 unspecified atom stereocenters. The summed E-state index contributed by atoms with van der Waals surface area (Å²) < 4.78 is 0. The van der Waals surface area contributed by atoms with Gasteiger partial charge >= 0.3 is 0 Å². The second kappa shape index (κ2) is 8.34. The summed E-state index contributed by atoms with van der Waals surface area (Å²) >= 11 is 0. The lowest BCUT2D eigenvalue weighted by atomic mass is 9.80. The topological polar surface area (TPSA) is 62.4 Å². The molecule has 0 heterocycles. The number of hydrogen-bond acceptors (Lipinski definition) is 2. The third-order valence-corrected chi connectivity index (χ3v) is 3.73. The lowest BCUT2D eigenvalue weighted by molar-refractivity contribution is 0.263. The van der Waals surface area contributed by atoms with Gasteiger partial charge in [0.15, 0.2) is 0 Å². The highest BCUT2D eigenvalue weighted by Gasteiger charge is 2.20. The molecule has 4 heteroatoms. The first-order valence-electron chi connectivity index (χ1n) is 7.02. The van der Waals surface area contributed by atoms with Gasteiger partial charge in [-0.1, -0.05) is 39.5 Å². The minimum atomic E-state index is 0.736. The molecule has 2 atom stereocenters. The normalized spacial score (nSPS) is 25.7. The van der Waals surface area contributed by atoms with Crippen molar-refractivity contribution in [3.05, 3.63) is 0 Å². The maximum absolute atomic E-state index is 5.46. The predicted octanol–water partition coefficient (Wildman–Crippen LogP) is 2.02. The Kier molecular flexibility index (Phi) is 7.01. The Morgan fingerprint density at radius 3 is 2.76 bits per heavy atom. The summed E-state index contributed by atoms with van der Waals surface area (Å²) in [7, 11) is 0. The van der Waals surface area contributed by atoms with E-state index in [1.807, 2.05) is 0 Å². The van der Waals surface area contributed by atoms with E-state index in [-0.39, 0.29) is 0 Å². The molecule has 0 amide bonds. The molecule has 0 aromatic carbocycles. The first kappa shape index (κ1) is 14.3. The summed E-state index contributed by atoms with van der Waals surface area (Å²) in [5, 5.41) is 3.24. The molecule has 4 N–H and O–H groups in total. The molecule has 0 aromatic rings. The van der Waals surface area contributed by atoms with Gasteiger partial charge < -0.3 is 5.32 Å². The summed E-state index contributed by atoms with van der Waals surface area (Å²) in [5.41, 5.74) is 2.65. The van der Waals surface area contributed by atoms with Crippen LogP contribution in [-0.2, 0) is 0 Å². The molecule has 1 fully saturated rings. The van der Waals surface area contributed by atoms with E-state index >= 15 is 0 Å². The number of nitrogens with one attached hydrogen (secondary N) is 2. The molecule has 1 aliphatic carbocycles. The molecule has 0 spiro atoms. The zero-order valence-corrected chi connectivity index (χ0v) is 11.3. The van der Waals surface area contributed by atoms with E-state index in [1.54, 1.807) is 0 Å². The highest BCUT2D eigenvalue weighted by Crippen LogP contribution is 2.29. The number of rotatable bonds is 5. The summed E-state index contributed by atoms with van der Waals surface area (Å²) in [5.74, 6) is 7.75. The van der Waals surface area contributed by atoms with Crippen molar-refractivity contribution in [1.29, 1.82) is 0 Å². The maximum Gasteiger partial charge on any atom is 0.205 e. The average Bonchev–Trinajstić information content (AvgIpc) is 2.35. The van der Waals surface area contributed by atoms with E-state index in [0.29, 0.717) is 0 Å². The Bertz CT molecular complexity index is 227. The fourth-order valence-electron chi connectivity index (χ4n) is 2.41. The predicted molar refractivity (Wildman–Crippen MR) is 73.7 cm³/mol. The van der Waals surface area contributed by atoms with Crippen molar-refractivity contribution in [3.63, 3.8) is 0 Å². The fourth-order valence-corrected chi connectivity index (χ4v) is 2.41. The third kappa shape index (κ3) is 5.39. The SMILES string of the molecule is CCCCNC(=NCC1CCCCC1C)NN. The van der Waals surface area contributed by atoms with Crippen LogP contribution in [0.3, 0.4) is 0 Å². The molecular formula is C13H28N4. The number of nitrogens with zero attached hydrogens (tertiary/aromatic N) is 1. The standard InChI is InChI=1S/C13H28N4/c1-3-4-9-15-13(17-14)16-10-12-8-6-5-7-11(12)2/h11-12H,3-10,14H2,1-2H3,(H2,15,16,17). The molecule has 1 rings (SSSR count). The van der Waals surface area contributed by atoms with Crippen LogP contribution in [0.4, 0.5) is 0 Å². The Balaban J connectivity index is 2.32. The Morgan fingerprint density at radius 1 is 1.35 bits per heavy atom. The van der Waals surface area contributed by atoms with Gasteiger partial charge in [0.25, 0.3) is 0 Å².